The number of nitrogens with one attached hydrogen (secondary N) is 1. The molecule has 0 bridgehead atoms. The number of anilines is 1. The van der Waals surface area contributed by atoms with Gasteiger partial charge in [0.2, 0.25) is 10.0 Å². The topological polar surface area (TPSA) is 46.2 Å². The smallest absolute Gasteiger partial charge is 0.229 e. The standard InChI is InChI=1S/C22H18ClNO2S2/c1-28(25,26)24-18-7-4-5-15(11-18)12-21-19-8-3-2-6-16(19)14-27-22-13-17(23)9-10-20(21)22/h2-13,24H,14H2,1H3. The van der Waals surface area contributed by atoms with Gasteiger partial charge in [0, 0.05) is 21.4 Å². The first-order chi connectivity index (χ1) is 13.4. The summed E-state index contributed by atoms with van der Waals surface area (Å²) in [5.41, 5.74) is 6.13. The van der Waals surface area contributed by atoms with Crippen molar-refractivity contribution in [2.75, 3.05) is 11.0 Å². The molecule has 0 saturated carbocycles. The second-order valence-corrected chi connectivity index (χ2v) is 9.85. The fraction of sp³-hybridized carbons (Fsp3) is 0.0909. The van der Waals surface area contributed by atoms with Crippen LogP contribution in [0.4, 0.5) is 5.69 Å². The van der Waals surface area contributed by atoms with Crippen LogP contribution in [0, 0.1) is 0 Å². The van der Waals surface area contributed by atoms with Crippen molar-refractivity contribution in [1.82, 2.24) is 0 Å². The predicted molar refractivity (Wildman–Crippen MR) is 119 cm³/mol. The lowest BCUT2D eigenvalue weighted by atomic mass is 9.92. The lowest BCUT2D eigenvalue weighted by Gasteiger charge is -2.12. The zero-order chi connectivity index (χ0) is 19.7. The Morgan fingerprint density at radius 2 is 1.82 bits per heavy atom. The van der Waals surface area contributed by atoms with E-state index in [4.69, 9.17) is 11.6 Å². The number of fused-ring (bicyclic) bond motifs is 2. The Morgan fingerprint density at radius 3 is 2.64 bits per heavy atom. The Hall–Kier alpha value is -2.21. The number of halogens is 1. The molecule has 0 aliphatic carbocycles. The van der Waals surface area contributed by atoms with Gasteiger partial charge in [0.25, 0.3) is 0 Å². The summed E-state index contributed by atoms with van der Waals surface area (Å²) < 4.78 is 25.7. The normalized spacial score (nSPS) is 14.9. The Bertz CT molecular complexity index is 1190. The maximum absolute atomic E-state index is 11.6. The molecule has 0 unspecified atom stereocenters. The molecule has 1 aliphatic heterocycles. The molecule has 1 aliphatic rings. The van der Waals surface area contributed by atoms with Crippen LogP contribution in [0.3, 0.4) is 0 Å². The van der Waals surface area contributed by atoms with E-state index in [1.165, 1.54) is 11.1 Å². The molecule has 3 aromatic rings. The van der Waals surface area contributed by atoms with Gasteiger partial charge < -0.3 is 0 Å². The van der Waals surface area contributed by atoms with Crippen molar-refractivity contribution < 1.29 is 8.42 Å². The van der Waals surface area contributed by atoms with Crippen LogP contribution in [-0.4, -0.2) is 14.7 Å². The van der Waals surface area contributed by atoms with Gasteiger partial charge in [0.1, 0.15) is 0 Å². The van der Waals surface area contributed by atoms with Crippen LogP contribution in [0.1, 0.15) is 22.3 Å². The Morgan fingerprint density at radius 1 is 1.00 bits per heavy atom. The SMILES string of the molecule is CS(=O)(=O)Nc1cccc(C=C2c3ccccc3CSc3cc(Cl)ccc32)c1. The second kappa shape index (κ2) is 7.66. The van der Waals surface area contributed by atoms with E-state index in [0.717, 1.165) is 38.6 Å². The molecule has 0 atom stereocenters. The van der Waals surface area contributed by atoms with Crippen LogP contribution < -0.4 is 4.72 Å². The summed E-state index contributed by atoms with van der Waals surface area (Å²) >= 11 is 8.01. The minimum Gasteiger partial charge on any atom is -0.284 e. The fourth-order valence-corrected chi connectivity index (χ4v) is 5.17. The summed E-state index contributed by atoms with van der Waals surface area (Å²) in [5.74, 6) is 0.872. The van der Waals surface area contributed by atoms with Gasteiger partial charge in [-0.1, -0.05) is 54.1 Å². The number of hydrogen-bond donors (Lipinski definition) is 1. The number of hydrogen-bond acceptors (Lipinski definition) is 3. The van der Waals surface area contributed by atoms with Crippen LogP contribution in [0.2, 0.25) is 5.02 Å². The third-order valence-electron chi connectivity index (χ3n) is 4.43. The third kappa shape index (κ3) is 4.27. The molecule has 6 heteroatoms. The van der Waals surface area contributed by atoms with E-state index in [0.29, 0.717) is 5.69 Å². The zero-order valence-electron chi connectivity index (χ0n) is 15.1. The number of sulfonamides is 1. The van der Waals surface area contributed by atoms with Gasteiger partial charge in [-0.2, -0.15) is 0 Å². The van der Waals surface area contributed by atoms with Gasteiger partial charge >= 0.3 is 0 Å². The van der Waals surface area contributed by atoms with Crippen LogP contribution >= 0.6 is 23.4 Å². The van der Waals surface area contributed by atoms with E-state index in [-0.39, 0.29) is 0 Å². The van der Waals surface area contributed by atoms with Gasteiger partial charge in [-0.05, 0) is 58.2 Å². The molecule has 0 spiro atoms. The van der Waals surface area contributed by atoms with Crippen LogP contribution in [0.25, 0.3) is 11.6 Å². The molecule has 4 rings (SSSR count). The molecule has 3 aromatic carbocycles. The minimum absolute atomic E-state index is 0.546. The highest BCUT2D eigenvalue weighted by Crippen LogP contribution is 2.42. The van der Waals surface area contributed by atoms with Crippen molar-refractivity contribution in [1.29, 1.82) is 0 Å². The van der Waals surface area contributed by atoms with Crippen LogP contribution in [0.15, 0.2) is 71.6 Å². The molecule has 0 aromatic heterocycles. The lowest BCUT2D eigenvalue weighted by Crippen LogP contribution is -2.09. The van der Waals surface area contributed by atoms with Crippen LogP contribution in [0.5, 0.6) is 0 Å². The monoisotopic (exact) mass is 427 g/mol. The molecule has 0 fully saturated rings. The van der Waals surface area contributed by atoms with Gasteiger partial charge in [0.15, 0.2) is 0 Å². The Balaban J connectivity index is 1.88. The molecule has 1 N–H and O–H groups in total. The molecule has 0 saturated heterocycles. The van der Waals surface area contributed by atoms with Gasteiger partial charge in [-0.15, -0.1) is 11.8 Å². The summed E-state index contributed by atoms with van der Waals surface area (Å²) in [4.78, 5) is 1.14. The first kappa shape index (κ1) is 19.1. The predicted octanol–water partition coefficient (Wildman–Crippen LogP) is 5.91. The minimum atomic E-state index is -3.32. The first-order valence-corrected chi connectivity index (χ1v) is 12.0. The van der Waals surface area contributed by atoms with E-state index < -0.39 is 10.0 Å². The van der Waals surface area contributed by atoms with E-state index in [1.54, 1.807) is 17.8 Å². The molecular formula is C22H18ClNO2S2. The van der Waals surface area contributed by atoms with Crippen molar-refractivity contribution in [3.63, 3.8) is 0 Å². The first-order valence-electron chi connectivity index (χ1n) is 8.70. The molecule has 28 heavy (non-hydrogen) atoms. The largest absolute Gasteiger partial charge is 0.284 e. The summed E-state index contributed by atoms with van der Waals surface area (Å²) in [6, 6.07) is 21.7. The molecular weight excluding hydrogens is 410 g/mol. The number of benzene rings is 3. The zero-order valence-corrected chi connectivity index (χ0v) is 17.5. The van der Waals surface area contributed by atoms with Crippen molar-refractivity contribution in [2.24, 2.45) is 0 Å². The van der Waals surface area contributed by atoms with E-state index in [2.05, 4.69) is 35.1 Å². The maximum atomic E-state index is 11.6. The Kier molecular flexibility index (Phi) is 5.23. The van der Waals surface area contributed by atoms with Gasteiger partial charge in [-0.3, -0.25) is 4.72 Å². The van der Waals surface area contributed by atoms with Crippen molar-refractivity contribution in [3.8, 4) is 0 Å². The highest BCUT2D eigenvalue weighted by atomic mass is 35.5. The summed E-state index contributed by atoms with van der Waals surface area (Å²) in [6.07, 6.45) is 3.25. The van der Waals surface area contributed by atoms with Crippen molar-refractivity contribution in [3.05, 3.63) is 94.0 Å². The second-order valence-electron chi connectivity index (χ2n) is 6.64. The highest BCUT2D eigenvalue weighted by Gasteiger charge is 2.18. The van der Waals surface area contributed by atoms with Crippen molar-refractivity contribution in [2.45, 2.75) is 10.6 Å². The summed E-state index contributed by atoms with van der Waals surface area (Å²) in [5, 5.41) is 0.718. The lowest BCUT2D eigenvalue weighted by molar-refractivity contribution is 0.607. The molecule has 3 nitrogen and oxygen atoms in total. The molecule has 142 valence electrons. The Labute approximate surface area is 174 Å². The van der Waals surface area contributed by atoms with Gasteiger partial charge in [0.05, 0.1) is 6.26 Å². The number of rotatable bonds is 3. The fourth-order valence-electron chi connectivity index (χ4n) is 3.28. The highest BCUT2D eigenvalue weighted by molar-refractivity contribution is 7.98. The average molecular weight is 428 g/mol. The number of thioether (sulfide) groups is 1. The summed E-state index contributed by atoms with van der Waals surface area (Å²) in [6.45, 7) is 0. The third-order valence-corrected chi connectivity index (χ3v) is 6.37. The quantitative estimate of drug-likeness (QED) is 0.565. The van der Waals surface area contributed by atoms with Crippen molar-refractivity contribution >= 4 is 50.7 Å². The maximum Gasteiger partial charge on any atom is 0.229 e. The summed E-state index contributed by atoms with van der Waals surface area (Å²) in [7, 11) is -3.32. The van der Waals surface area contributed by atoms with E-state index in [9.17, 15) is 8.42 Å². The molecule has 0 amide bonds. The molecule has 1 heterocycles. The average Bonchev–Trinajstić information content (AvgIpc) is 2.78. The van der Waals surface area contributed by atoms with Crippen LogP contribution in [-0.2, 0) is 15.8 Å². The van der Waals surface area contributed by atoms with Gasteiger partial charge in [-0.25, -0.2) is 8.42 Å². The van der Waals surface area contributed by atoms with E-state index >= 15 is 0 Å². The van der Waals surface area contributed by atoms with E-state index in [1.807, 2.05) is 36.4 Å². The molecule has 0 radical (unpaired) electrons.